The van der Waals surface area contributed by atoms with Gasteiger partial charge >= 0.3 is 0 Å². The van der Waals surface area contributed by atoms with E-state index in [0.717, 1.165) is 13.1 Å². The van der Waals surface area contributed by atoms with Crippen LogP contribution < -0.4 is 9.47 Å². The molecule has 2 rings (SSSR count). The molecule has 0 bridgehead atoms. The molecule has 116 valence electrons. The van der Waals surface area contributed by atoms with Crippen LogP contribution in [0.3, 0.4) is 0 Å². The highest BCUT2D eigenvalue weighted by Crippen LogP contribution is 2.28. The average Bonchev–Trinajstić information content (AvgIpc) is 2.54. The summed E-state index contributed by atoms with van der Waals surface area (Å²) in [6.07, 6.45) is 0. The van der Waals surface area contributed by atoms with Gasteiger partial charge in [0.05, 0.1) is 20.8 Å². The zero-order valence-corrected chi connectivity index (χ0v) is 12.5. The molecule has 1 aromatic carbocycles. The number of ether oxygens (including phenoxy) is 2. The van der Waals surface area contributed by atoms with Crippen molar-refractivity contribution in [2.24, 2.45) is 0 Å². The summed E-state index contributed by atoms with van der Waals surface area (Å²) in [5.74, 6) is 1.17. The highest BCUT2D eigenvalue weighted by Gasteiger charge is 2.22. The molecule has 1 saturated heterocycles. The topological polar surface area (TPSA) is 62.2 Å². The lowest BCUT2D eigenvalue weighted by Crippen LogP contribution is -2.49. The van der Waals surface area contributed by atoms with Crippen LogP contribution in [0.15, 0.2) is 18.2 Å². The van der Waals surface area contributed by atoms with E-state index < -0.39 is 0 Å². The van der Waals surface area contributed by atoms with Gasteiger partial charge < -0.3 is 19.5 Å². The quantitative estimate of drug-likeness (QED) is 0.854. The van der Waals surface area contributed by atoms with Crippen molar-refractivity contribution >= 4 is 5.91 Å². The third kappa shape index (κ3) is 3.65. The molecule has 1 heterocycles. The molecule has 6 heteroatoms. The molecule has 1 aliphatic rings. The van der Waals surface area contributed by atoms with Crippen molar-refractivity contribution in [3.63, 3.8) is 0 Å². The fraction of sp³-hybridized carbons (Fsp3) is 0.533. The van der Waals surface area contributed by atoms with Crippen LogP contribution in [0.1, 0.15) is 10.4 Å². The predicted molar refractivity (Wildman–Crippen MR) is 79.0 cm³/mol. The highest BCUT2D eigenvalue weighted by atomic mass is 16.5. The van der Waals surface area contributed by atoms with Gasteiger partial charge in [-0.25, -0.2) is 0 Å². The summed E-state index contributed by atoms with van der Waals surface area (Å²) in [7, 11) is 3.12. The van der Waals surface area contributed by atoms with Crippen molar-refractivity contribution in [3.8, 4) is 11.5 Å². The zero-order valence-electron chi connectivity index (χ0n) is 12.5. The van der Waals surface area contributed by atoms with E-state index in [1.54, 1.807) is 32.4 Å². The Morgan fingerprint density at radius 1 is 1.14 bits per heavy atom. The minimum atomic E-state index is -0.000369. The molecule has 0 spiro atoms. The van der Waals surface area contributed by atoms with Crippen molar-refractivity contribution < 1.29 is 19.4 Å². The number of benzene rings is 1. The lowest BCUT2D eigenvalue weighted by Gasteiger charge is -2.34. The van der Waals surface area contributed by atoms with Crippen LogP contribution in [0, 0.1) is 0 Å². The molecule has 0 atom stereocenters. The Balaban J connectivity index is 2.04. The second kappa shape index (κ2) is 7.28. The fourth-order valence-electron chi connectivity index (χ4n) is 2.47. The Morgan fingerprint density at radius 2 is 1.81 bits per heavy atom. The van der Waals surface area contributed by atoms with E-state index in [-0.39, 0.29) is 12.5 Å². The van der Waals surface area contributed by atoms with E-state index in [1.807, 2.05) is 4.90 Å². The summed E-state index contributed by atoms with van der Waals surface area (Å²) < 4.78 is 10.4. The molecule has 1 aliphatic heterocycles. The van der Waals surface area contributed by atoms with Crippen molar-refractivity contribution in [2.45, 2.75) is 0 Å². The lowest BCUT2D eigenvalue weighted by molar-refractivity contribution is 0.0614. The molecule has 1 fully saturated rings. The van der Waals surface area contributed by atoms with Crippen LogP contribution in [0.2, 0.25) is 0 Å². The number of methoxy groups -OCH3 is 2. The van der Waals surface area contributed by atoms with Crippen molar-refractivity contribution in [1.29, 1.82) is 0 Å². The number of hydrogen-bond acceptors (Lipinski definition) is 5. The SMILES string of the molecule is COc1ccc(C(=O)N2CCN(CCO)CC2)cc1OC. The number of carbonyl (C=O) groups excluding carboxylic acids is 1. The second-order valence-corrected chi connectivity index (χ2v) is 4.93. The third-order valence-electron chi connectivity index (χ3n) is 3.71. The summed E-state index contributed by atoms with van der Waals surface area (Å²) in [5, 5.41) is 8.93. The van der Waals surface area contributed by atoms with Gasteiger partial charge in [0.25, 0.3) is 5.91 Å². The van der Waals surface area contributed by atoms with E-state index in [9.17, 15) is 4.79 Å². The summed E-state index contributed by atoms with van der Waals surface area (Å²) in [4.78, 5) is 16.5. The predicted octanol–water partition coefficient (Wildman–Crippen LogP) is 0.454. The molecule has 6 nitrogen and oxygen atoms in total. The average molecular weight is 294 g/mol. The highest BCUT2D eigenvalue weighted by molar-refractivity contribution is 5.95. The first kappa shape index (κ1) is 15.6. The van der Waals surface area contributed by atoms with Gasteiger partial charge in [-0.3, -0.25) is 9.69 Å². The van der Waals surface area contributed by atoms with Gasteiger partial charge in [0.1, 0.15) is 0 Å². The van der Waals surface area contributed by atoms with Crippen LogP contribution in [0.5, 0.6) is 11.5 Å². The summed E-state index contributed by atoms with van der Waals surface area (Å²) in [6, 6.07) is 5.21. The summed E-state index contributed by atoms with van der Waals surface area (Å²) in [5.41, 5.74) is 0.600. The number of nitrogens with zero attached hydrogens (tertiary/aromatic N) is 2. The van der Waals surface area contributed by atoms with E-state index in [1.165, 1.54) is 0 Å². The zero-order chi connectivity index (χ0) is 15.2. The first-order valence-corrected chi connectivity index (χ1v) is 7.04. The summed E-state index contributed by atoms with van der Waals surface area (Å²) >= 11 is 0. The Bertz CT molecular complexity index is 485. The normalized spacial score (nSPS) is 15.9. The maximum Gasteiger partial charge on any atom is 0.254 e. The molecule has 0 radical (unpaired) electrons. The largest absolute Gasteiger partial charge is 0.493 e. The second-order valence-electron chi connectivity index (χ2n) is 4.93. The molecule has 1 aromatic rings. The minimum Gasteiger partial charge on any atom is -0.493 e. The lowest BCUT2D eigenvalue weighted by atomic mass is 10.1. The number of aliphatic hydroxyl groups excluding tert-OH is 1. The van der Waals surface area contributed by atoms with Gasteiger partial charge in [0.15, 0.2) is 11.5 Å². The molecule has 0 saturated carbocycles. The Kier molecular flexibility index (Phi) is 5.41. The van der Waals surface area contributed by atoms with Crippen LogP contribution in [0.4, 0.5) is 0 Å². The first-order chi connectivity index (χ1) is 10.2. The number of carbonyl (C=O) groups is 1. The molecule has 1 amide bonds. The maximum absolute atomic E-state index is 12.5. The number of rotatable bonds is 5. The van der Waals surface area contributed by atoms with Crippen LogP contribution in [-0.2, 0) is 0 Å². The monoisotopic (exact) mass is 294 g/mol. The fourth-order valence-corrected chi connectivity index (χ4v) is 2.47. The van der Waals surface area contributed by atoms with Crippen LogP contribution in [0.25, 0.3) is 0 Å². The van der Waals surface area contributed by atoms with Gasteiger partial charge in [-0.15, -0.1) is 0 Å². The minimum absolute atomic E-state index is 0.000369. The molecule has 0 unspecified atom stereocenters. The number of β-amino-alcohol motifs (C(OH)–C–C–N with tert-alkyl or cyclic N) is 1. The molecular formula is C15H22N2O4. The van der Waals surface area contributed by atoms with Gasteiger partial charge in [-0.05, 0) is 18.2 Å². The van der Waals surface area contributed by atoms with E-state index in [4.69, 9.17) is 14.6 Å². The van der Waals surface area contributed by atoms with Gasteiger partial charge in [-0.1, -0.05) is 0 Å². The van der Waals surface area contributed by atoms with E-state index >= 15 is 0 Å². The van der Waals surface area contributed by atoms with E-state index in [2.05, 4.69) is 4.90 Å². The molecule has 21 heavy (non-hydrogen) atoms. The van der Waals surface area contributed by atoms with Crippen molar-refractivity contribution in [1.82, 2.24) is 9.80 Å². The van der Waals surface area contributed by atoms with Crippen molar-refractivity contribution in [3.05, 3.63) is 23.8 Å². The Hall–Kier alpha value is -1.79. The number of hydrogen-bond donors (Lipinski definition) is 1. The molecular weight excluding hydrogens is 272 g/mol. The molecule has 0 aliphatic carbocycles. The van der Waals surface area contributed by atoms with Gasteiger partial charge in [-0.2, -0.15) is 0 Å². The first-order valence-electron chi connectivity index (χ1n) is 7.04. The smallest absolute Gasteiger partial charge is 0.254 e. The van der Waals surface area contributed by atoms with Crippen LogP contribution >= 0.6 is 0 Å². The Labute approximate surface area is 124 Å². The molecule has 0 aromatic heterocycles. The molecule has 1 N–H and O–H groups in total. The van der Waals surface area contributed by atoms with E-state index in [0.29, 0.717) is 36.7 Å². The number of aliphatic hydroxyl groups is 1. The Morgan fingerprint density at radius 3 is 2.38 bits per heavy atom. The van der Waals surface area contributed by atoms with Gasteiger partial charge in [0, 0.05) is 38.3 Å². The maximum atomic E-state index is 12.5. The number of piperazine rings is 1. The van der Waals surface area contributed by atoms with Gasteiger partial charge in [0.2, 0.25) is 0 Å². The number of amides is 1. The standard InChI is InChI=1S/C15H22N2O4/c1-20-13-4-3-12(11-14(13)21-2)15(19)17-7-5-16(6-8-17)9-10-18/h3-4,11,18H,5-10H2,1-2H3. The van der Waals surface area contributed by atoms with Crippen LogP contribution in [-0.4, -0.2) is 74.4 Å². The summed E-state index contributed by atoms with van der Waals surface area (Å²) in [6.45, 7) is 3.75. The van der Waals surface area contributed by atoms with Crippen molar-refractivity contribution in [2.75, 3.05) is 53.6 Å². The third-order valence-corrected chi connectivity index (χ3v) is 3.71.